The fourth-order valence-corrected chi connectivity index (χ4v) is 1.97. The monoisotopic (exact) mass is 313 g/mol. The Morgan fingerprint density at radius 1 is 1.04 bits per heavy atom. The lowest BCUT2D eigenvalue weighted by Crippen LogP contribution is -2.30. The molecule has 0 radical (unpaired) electrons. The summed E-state index contributed by atoms with van der Waals surface area (Å²) in [5, 5.41) is 2.77. The van der Waals surface area contributed by atoms with Crippen LogP contribution in [0.5, 0.6) is 11.5 Å². The molecule has 0 unspecified atom stereocenters. The molecule has 0 saturated heterocycles. The molecule has 5 nitrogen and oxygen atoms in total. The second-order valence-electron chi connectivity index (χ2n) is 5.06. The number of methoxy groups -OCH3 is 1. The van der Waals surface area contributed by atoms with Crippen molar-refractivity contribution in [3.05, 3.63) is 54.1 Å². The lowest BCUT2D eigenvalue weighted by atomic mass is 10.1. The molecule has 0 fully saturated rings. The Labute approximate surface area is 135 Å². The third-order valence-electron chi connectivity index (χ3n) is 3.28. The Balaban J connectivity index is 1.97. The summed E-state index contributed by atoms with van der Waals surface area (Å²) in [6, 6.07) is 13.8. The SMILES string of the molecule is COc1cccc(NC(=O)[C@@H](C)Oc2ccc(C(C)=O)cc2)c1. The highest BCUT2D eigenvalue weighted by Crippen LogP contribution is 2.18. The van der Waals surface area contributed by atoms with Gasteiger partial charge in [-0.2, -0.15) is 0 Å². The van der Waals surface area contributed by atoms with Gasteiger partial charge in [-0.1, -0.05) is 6.07 Å². The maximum Gasteiger partial charge on any atom is 0.265 e. The molecule has 0 aliphatic rings. The molecule has 0 saturated carbocycles. The van der Waals surface area contributed by atoms with Crippen LogP contribution in [0.4, 0.5) is 5.69 Å². The van der Waals surface area contributed by atoms with Gasteiger partial charge in [0.1, 0.15) is 11.5 Å². The van der Waals surface area contributed by atoms with Crippen molar-refractivity contribution in [1.29, 1.82) is 0 Å². The Bertz CT molecular complexity index is 694. The van der Waals surface area contributed by atoms with E-state index in [4.69, 9.17) is 9.47 Å². The first-order valence-electron chi connectivity index (χ1n) is 7.22. The molecule has 0 spiro atoms. The van der Waals surface area contributed by atoms with Crippen LogP contribution >= 0.6 is 0 Å². The Kier molecular flexibility index (Phi) is 5.36. The van der Waals surface area contributed by atoms with Gasteiger partial charge in [-0.15, -0.1) is 0 Å². The van der Waals surface area contributed by atoms with E-state index in [-0.39, 0.29) is 11.7 Å². The lowest BCUT2D eigenvalue weighted by molar-refractivity contribution is -0.122. The van der Waals surface area contributed by atoms with Crippen LogP contribution < -0.4 is 14.8 Å². The van der Waals surface area contributed by atoms with E-state index < -0.39 is 6.10 Å². The van der Waals surface area contributed by atoms with Crippen LogP contribution in [0.3, 0.4) is 0 Å². The second-order valence-corrected chi connectivity index (χ2v) is 5.06. The Hall–Kier alpha value is -2.82. The van der Waals surface area contributed by atoms with Crippen LogP contribution in [-0.2, 0) is 4.79 Å². The minimum Gasteiger partial charge on any atom is -0.497 e. The van der Waals surface area contributed by atoms with Gasteiger partial charge in [0, 0.05) is 17.3 Å². The van der Waals surface area contributed by atoms with E-state index in [9.17, 15) is 9.59 Å². The minimum atomic E-state index is -0.677. The third-order valence-corrected chi connectivity index (χ3v) is 3.28. The second kappa shape index (κ2) is 7.45. The summed E-state index contributed by atoms with van der Waals surface area (Å²) in [7, 11) is 1.57. The zero-order valence-corrected chi connectivity index (χ0v) is 13.3. The average Bonchev–Trinajstić information content (AvgIpc) is 2.55. The van der Waals surface area contributed by atoms with Crippen LogP contribution in [0.1, 0.15) is 24.2 Å². The van der Waals surface area contributed by atoms with E-state index in [1.807, 2.05) is 0 Å². The molecule has 0 aliphatic carbocycles. The molecule has 5 heteroatoms. The number of amides is 1. The highest BCUT2D eigenvalue weighted by atomic mass is 16.5. The van der Waals surface area contributed by atoms with Crippen molar-refractivity contribution in [2.24, 2.45) is 0 Å². The van der Waals surface area contributed by atoms with E-state index in [0.29, 0.717) is 22.7 Å². The van der Waals surface area contributed by atoms with Crippen molar-refractivity contribution in [3.8, 4) is 11.5 Å². The standard InChI is InChI=1S/C18H19NO4/c1-12(20)14-7-9-16(10-8-14)23-13(2)18(21)19-15-5-4-6-17(11-15)22-3/h4-11,13H,1-3H3,(H,19,21)/t13-/m1/s1. The van der Waals surface area contributed by atoms with Gasteiger partial charge in [0.05, 0.1) is 7.11 Å². The third kappa shape index (κ3) is 4.57. The molecule has 0 bridgehead atoms. The summed E-state index contributed by atoms with van der Waals surface area (Å²) < 4.78 is 10.7. The van der Waals surface area contributed by atoms with Crippen molar-refractivity contribution in [2.45, 2.75) is 20.0 Å². The zero-order chi connectivity index (χ0) is 16.8. The average molecular weight is 313 g/mol. The smallest absolute Gasteiger partial charge is 0.265 e. The van der Waals surface area contributed by atoms with Crippen molar-refractivity contribution in [2.75, 3.05) is 12.4 Å². The van der Waals surface area contributed by atoms with E-state index in [1.165, 1.54) is 6.92 Å². The molecular formula is C18H19NO4. The fraction of sp³-hybridized carbons (Fsp3) is 0.222. The molecule has 1 N–H and O–H groups in total. The van der Waals surface area contributed by atoms with Crippen molar-refractivity contribution >= 4 is 17.4 Å². The van der Waals surface area contributed by atoms with Crippen LogP contribution in [0.2, 0.25) is 0 Å². The number of carbonyl (C=O) groups is 2. The molecule has 2 aromatic rings. The van der Waals surface area contributed by atoms with Gasteiger partial charge in [-0.25, -0.2) is 0 Å². The van der Waals surface area contributed by atoms with E-state index in [1.54, 1.807) is 62.6 Å². The highest BCUT2D eigenvalue weighted by molar-refractivity contribution is 5.95. The number of anilines is 1. The number of Topliss-reactive ketones (excluding diaryl/α,β-unsaturated/α-hetero) is 1. The highest BCUT2D eigenvalue weighted by Gasteiger charge is 2.15. The van der Waals surface area contributed by atoms with E-state index >= 15 is 0 Å². The number of benzene rings is 2. The fourth-order valence-electron chi connectivity index (χ4n) is 1.97. The summed E-state index contributed by atoms with van der Waals surface area (Å²) in [6.07, 6.45) is -0.677. The van der Waals surface area contributed by atoms with Crippen molar-refractivity contribution in [1.82, 2.24) is 0 Å². The number of rotatable bonds is 6. The number of hydrogen-bond donors (Lipinski definition) is 1. The molecule has 2 aromatic carbocycles. The van der Waals surface area contributed by atoms with Gasteiger partial charge in [-0.05, 0) is 50.2 Å². The molecule has 23 heavy (non-hydrogen) atoms. The largest absolute Gasteiger partial charge is 0.497 e. The first kappa shape index (κ1) is 16.5. The Morgan fingerprint density at radius 3 is 2.35 bits per heavy atom. The summed E-state index contributed by atoms with van der Waals surface area (Å²) in [6.45, 7) is 3.16. The normalized spacial score (nSPS) is 11.4. The number of ketones is 1. The summed E-state index contributed by atoms with van der Waals surface area (Å²) in [5.41, 5.74) is 1.24. The van der Waals surface area contributed by atoms with Crippen molar-refractivity contribution < 1.29 is 19.1 Å². The maximum absolute atomic E-state index is 12.2. The van der Waals surface area contributed by atoms with Gasteiger partial charge in [0.25, 0.3) is 5.91 Å². The van der Waals surface area contributed by atoms with Gasteiger partial charge >= 0.3 is 0 Å². The molecule has 1 amide bonds. The number of ether oxygens (including phenoxy) is 2. The first-order chi connectivity index (χ1) is 11.0. The van der Waals surface area contributed by atoms with Crippen LogP contribution in [0, 0.1) is 0 Å². The maximum atomic E-state index is 12.2. The number of carbonyl (C=O) groups excluding carboxylic acids is 2. The molecule has 1 atom stereocenters. The molecule has 0 aliphatic heterocycles. The van der Waals surface area contributed by atoms with E-state index in [0.717, 1.165) is 0 Å². The predicted molar refractivity (Wildman–Crippen MR) is 88.2 cm³/mol. The number of nitrogens with one attached hydrogen (secondary N) is 1. The van der Waals surface area contributed by atoms with E-state index in [2.05, 4.69) is 5.32 Å². The van der Waals surface area contributed by atoms with Crippen LogP contribution in [0.15, 0.2) is 48.5 Å². The molecule has 0 aromatic heterocycles. The quantitative estimate of drug-likeness (QED) is 0.831. The van der Waals surface area contributed by atoms with Gasteiger partial charge in [0.2, 0.25) is 0 Å². The molecule has 0 heterocycles. The minimum absolute atomic E-state index is 0.0135. The predicted octanol–water partition coefficient (Wildman–Crippen LogP) is 3.30. The van der Waals surface area contributed by atoms with Gasteiger partial charge < -0.3 is 14.8 Å². The van der Waals surface area contributed by atoms with Gasteiger partial charge in [0.15, 0.2) is 11.9 Å². The summed E-state index contributed by atoms with van der Waals surface area (Å²) >= 11 is 0. The van der Waals surface area contributed by atoms with Crippen molar-refractivity contribution in [3.63, 3.8) is 0 Å². The van der Waals surface area contributed by atoms with Crippen LogP contribution in [-0.4, -0.2) is 24.9 Å². The molecule has 120 valence electrons. The number of hydrogen-bond acceptors (Lipinski definition) is 4. The molecule has 2 rings (SSSR count). The Morgan fingerprint density at radius 2 is 1.74 bits per heavy atom. The first-order valence-corrected chi connectivity index (χ1v) is 7.22. The zero-order valence-electron chi connectivity index (χ0n) is 13.3. The summed E-state index contributed by atoms with van der Waals surface area (Å²) in [4.78, 5) is 23.4. The van der Waals surface area contributed by atoms with Gasteiger partial charge in [-0.3, -0.25) is 9.59 Å². The lowest BCUT2D eigenvalue weighted by Gasteiger charge is -2.15. The summed E-state index contributed by atoms with van der Waals surface area (Å²) in [5.74, 6) is 0.911. The molecular weight excluding hydrogens is 294 g/mol. The van der Waals surface area contributed by atoms with Crippen LogP contribution in [0.25, 0.3) is 0 Å². The topological polar surface area (TPSA) is 64.6 Å².